The molecule has 1 saturated heterocycles. The van der Waals surface area contributed by atoms with Gasteiger partial charge in [-0.25, -0.2) is 4.79 Å². The standard InChI is InChI=1S/C15H22N6O4/c1-19-12-10(13(23)18-15(19)24)21(7-8-25-2)14(17-12)20-5-3-9(4-6-20)11(16)22/h9H,3-8H2,1-2H3,(H2,16,22)(H,18,23,24). The van der Waals surface area contributed by atoms with Gasteiger partial charge in [-0.2, -0.15) is 4.98 Å². The lowest BCUT2D eigenvalue weighted by atomic mass is 9.96. The fourth-order valence-corrected chi connectivity index (χ4v) is 3.22. The van der Waals surface area contributed by atoms with E-state index in [1.807, 2.05) is 4.90 Å². The number of carbonyl (C=O) groups is 1. The SMILES string of the molecule is COCCn1c(N2CCC(C(N)=O)CC2)nc2c1c(=O)[nH]c(=O)n2C. The number of nitrogens with one attached hydrogen (secondary N) is 1. The first-order valence-electron chi connectivity index (χ1n) is 8.16. The number of hydrogen-bond donors (Lipinski definition) is 2. The van der Waals surface area contributed by atoms with Crippen LogP contribution in [-0.4, -0.2) is 51.8 Å². The number of amides is 1. The van der Waals surface area contributed by atoms with E-state index in [1.54, 1.807) is 18.7 Å². The van der Waals surface area contributed by atoms with Crippen LogP contribution in [0.15, 0.2) is 9.59 Å². The molecule has 0 radical (unpaired) electrons. The first kappa shape index (κ1) is 17.2. The van der Waals surface area contributed by atoms with Crippen molar-refractivity contribution in [2.45, 2.75) is 19.4 Å². The molecular formula is C15H22N6O4. The Morgan fingerprint density at radius 1 is 1.36 bits per heavy atom. The molecular weight excluding hydrogens is 328 g/mol. The number of fused-ring (bicyclic) bond motifs is 1. The van der Waals surface area contributed by atoms with Crippen LogP contribution in [0.1, 0.15) is 12.8 Å². The van der Waals surface area contributed by atoms with E-state index in [4.69, 9.17) is 10.5 Å². The van der Waals surface area contributed by atoms with Crippen LogP contribution in [0.2, 0.25) is 0 Å². The molecule has 2 aromatic rings. The highest BCUT2D eigenvalue weighted by Gasteiger charge is 2.27. The monoisotopic (exact) mass is 350 g/mol. The number of methoxy groups -OCH3 is 1. The number of rotatable bonds is 5. The molecule has 0 aliphatic carbocycles. The number of aromatic nitrogens is 4. The Morgan fingerprint density at radius 2 is 2.04 bits per heavy atom. The Balaban J connectivity index is 2.07. The molecule has 1 aliphatic heterocycles. The Morgan fingerprint density at radius 3 is 2.64 bits per heavy atom. The maximum absolute atomic E-state index is 12.3. The van der Waals surface area contributed by atoms with Crippen LogP contribution in [0.25, 0.3) is 11.2 Å². The number of primary amides is 1. The van der Waals surface area contributed by atoms with Crippen LogP contribution in [-0.2, 0) is 23.1 Å². The quantitative estimate of drug-likeness (QED) is 0.695. The second kappa shape index (κ2) is 6.71. The molecule has 3 rings (SSSR count). The average Bonchev–Trinajstić information content (AvgIpc) is 2.98. The highest BCUT2D eigenvalue weighted by atomic mass is 16.5. The maximum atomic E-state index is 12.3. The van der Waals surface area contributed by atoms with Crippen molar-refractivity contribution >= 4 is 23.0 Å². The minimum atomic E-state index is -0.507. The van der Waals surface area contributed by atoms with E-state index in [-0.39, 0.29) is 11.8 Å². The molecule has 1 aliphatic rings. The average molecular weight is 350 g/mol. The number of aryl methyl sites for hydroxylation is 1. The topological polar surface area (TPSA) is 128 Å². The predicted octanol–water partition coefficient (Wildman–Crippen LogP) is -1.23. The summed E-state index contributed by atoms with van der Waals surface area (Å²) in [6, 6.07) is 0. The second-order valence-corrected chi connectivity index (χ2v) is 6.21. The number of anilines is 1. The number of hydrogen-bond acceptors (Lipinski definition) is 6. The van der Waals surface area contributed by atoms with E-state index in [0.29, 0.717) is 56.2 Å². The molecule has 1 fully saturated rings. The van der Waals surface area contributed by atoms with Crippen molar-refractivity contribution < 1.29 is 9.53 Å². The second-order valence-electron chi connectivity index (χ2n) is 6.21. The summed E-state index contributed by atoms with van der Waals surface area (Å²) in [5, 5.41) is 0. The van der Waals surface area contributed by atoms with E-state index < -0.39 is 11.2 Å². The number of nitrogens with two attached hydrogens (primary N) is 1. The van der Waals surface area contributed by atoms with Gasteiger partial charge >= 0.3 is 5.69 Å². The number of imidazole rings is 1. The molecule has 3 heterocycles. The highest BCUT2D eigenvalue weighted by molar-refractivity contribution is 5.77. The molecule has 0 aromatic carbocycles. The van der Waals surface area contributed by atoms with Gasteiger partial charge in [0.2, 0.25) is 11.9 Å². The third-order valence-electron chi connectivity index (χ3n) is 4.69. The zero-order valence-electron chi connectivity index (χ0n) is 14.3. The minimum absolute atomic E-state index is 0.138. The van der Waals surface area contributed by atoms with E-state index in [0.717, 1.165) is 0 Å². The van der Waals surface area contributed by atoms with E-state index >= 15 is 0 Å². The first-order chi connectivity index (χ1) is 11.9. The number of H-pyrrole nitrogens is 1. The zero-order valence-corrected chi connectivity index (χ0v) is 14.3. The van der Waals surface area contributed by atoms with Crippen LogP contribution in [0, 0.1) is 5.92 Å². The van der Waals surface area contributed by atoms with Crippen molar-refractivity contribution in [3.63, 3.8) is 0 Å². The summed E-state index contributed by atoms with van der Waals surface area (Å²) in [6.07, 6.45) is 1.27. The van der Waals surface area contributed by atoms with Crippen LogP contribution in [0.3, 0.4) is 0 Å². The fourth-order valence-electron chi connectivity index (χ4n) is 3.22. The van der Waals surface area contributed by atoms with Gasteiger partial charge in [0.1, 0.15) is 0 Å². The lowest BCUT2D eigenvalue weighted by molar-refractivity contribution is -0.122. The summed E-state index contributed by atoms with van der Waals surface area (Å²) in [5.74, 6) is 0.175. The van der Waals surface area contributed by atoms with Gasteiger partial charge in [-0.15, -0.1) is 0 Å². The minimum Gasteiger partial charge on any atom is -0.383 e. The van der Waals surface area contributed by atoms with Crippen LogP contribution >= 0.6 is 0 Å². The van der Waals surface area contributed by atoms with Gasteiger partial charge in [0.15, 0.2) is 11.2 Å². The molecule has 1 amide bonds. The molecule has 0 saturated carbocycles. The molecule has 0 unspecified atom stereocenters. The molecule has 0 atom stereocenters. The largest absolute Gasteiger partial charge is 0.383 e. The van der Waals surface area contributed by atoms with Gasteiger partial charge < -0.3 is 19.9 Å². The fraction of sp³-hybridized carbons (Fsp3) is 0.600. The van der Waals surface area contributed by atoms with Crippen LogP contribution in [0.5, 0.6) is 0 Å². The Bertz CT molecular complexity index is 903. The molecule has 0 bridgehead atoms. The van der Waals surface area contributed by atoms with Crippen molar-refractivity contribution in [1.82, 2.24) is 19.1 Å². The maximum Gasteiger partial charge on any atom is 0.329 e. The molecule has 3 N–H and O–H groups in total. The summed E-state index contributed by atoms with van der Waals surface area (Å²) in [4.78, 5) is 44.4. The number of nitrogens with zero attached hydrogens (tertiary/aromatic N) is 4. The van der Waals surface area contributed by atoms with Crippen molar-refractivity contribution in [3.05, 3.63) is 20.8 Å². The van der Waals surface area contributed by atoms with Crippen molar-refractivity contribution in [2.24, 2.45) is 18.7 Å². The van der Waals surface area contributed by atoms with Gasteiger partial charge in [0.05, 0.1) is 6.61 Å². The lowest BCUT2D eigenvalue weighted by Gasteiger charge is -2.31. The Labute approximate surface area is 143 Å². The molecule has 10 heteroatoms. The number of aromatic amines is 1. The summed E-state index contributed by atoms with van der Waals surface area (Å²) >= 11 is 0. The highest BCUT2D eigenvalue weighted by Crippen LogP contribution is 2.25. The Hall–Kier alpha value is -2.62. The van der Waals surface area contributed by atoms with Gasteiger partial charge in [-0.05, 0) is 12.8 Å². The number of ether oxygens (including phenoxy) is 1. The number of piperidine rings is 1. The first-order valence-corrected chi connectivity index (χ1v) is 8.16. The smallest absolute Gasteiger partial charge is 0.329 e. The molecule has 2 aromatic heterocycles. The summed E-state index contributed by atoms with van der Waals surface area (Å²) in [6.45, 7) is 2.05. The van der Waals surface area contributed by atoms with E-state index in [9.17, 15) is 14.4 Å². The summed E-state index contributed by atoms with van der Waals surface area (Å²) < 4.78 is 8.22. The van der Waals surface area contributed by atoms with E-state index in [2.05, 4.69) is 9.97 Å². The zero-order chi connectivity index (χ0) is 18.1. The lowest BCUT2D eigenvalue weighted by Crippen LogP contribution is -2.40. The van der Waals surface area contributed by atoms with Crippen molar-refractivity contribution in [2.75, 3.05) is 31.7 Å². The number of carbonyl (C=O) groups excluding carboxylic acids is 1. The third kappa shape index (κ3) is 3.04. The summed E-state index contributed by atoms with van der Waals surface area (Å²) in [7, 11) is 3.15. The molecule has 25 heavy (non-hydrogen) atoms. The molecule has 10 nitrogen and oxygen atoms in total. The predicted molar refractivity (Wildman–Crippen MR) is 91.6 cm³/mol. The van der Waals surface area contributed by atoms with E-state index in [1.165, 1.54) is 4.57 Å². The normalized spacial score (nSPS) is 15.8. The van der Waals surface area contributed by atoms with Gasteiger partial charge in [-0.3, -0.25) is 19.1 Å². The van der Waals surface area contributed by atoms with Gasteiger partial charge in [0, 0.05) is 39.7 Å². The van der Waals surface area contributed by atoms with Crippen molar-refractivity contribution in [1.29, 1.82) is 0 Å². The third-order valence-corrected chi connectivity index (χ3v) is 4.69. The molecule has 136 valence electrons. The van der Waals surface area contributed by atoms with Crippen LogP contribution in [0.4, 0.5) is 5.95 Å². The Kier molecular flexibility index (Phi) is 4.62. The van der Waals surface area contributed by atoms with Crippen molar-refractivity contribution in [3.8, 4) is 0 Å². The van der Waals surface area contributed by atoms with Gasteiger partial charge in [-0.1, -0.05) is 0 Å². The summed E-state index contributed by atoms with van der Waals surface area (Å²) in [5.41, 5.74) is 5.08. The van der Waals surface area contributed by atoms with Gasteiger partial charge in [0.25, 0.3) is 5.56 Å². The molecule has 0 spiro atoms. The van der Waals surface area contributed by atoms with Crippen LogP contribution < -0.4 is 21.9 Å².